The second-order valence-electron chi connectivity index (χ2n) is 6.77. The Bertz CT molecular complexity index is 1210. The van der Waals surface area contributed by atoms with Gasteiger partial charge < -0.3 is 14.5 Å². The van der Waals surface area contributed by atoms with Crippen molar-refractivity contribution in [1.82, 2.24) is 19.1 Å². The average Bonchev–Trinajstić information content (AvgIpc) is 3.17. The molecule has 0 fully saturated rings. The number of rotatable bonds is 8. The lowest BCUT2D eigenvalue weighted by atomic mass is 10.2. The second kappa shape index (κ2) is 9.34. The van der Waals surface area contributed by atoms with E-state index in [4.69, 9.17) is 9.47 Å². The zero-order chi connectivity index (χ0) is 21.8. The van der Waals surface area contributed by atoms with Crippen molar-refractivity contribution >= 4 is 39.2 Å². The minimum atomic E-state index is -0.344. The number of hydrogen-bond donors (Lipinski definition) is 1. The Kier molecular flexibility index (Phi) is 6.81. The van der Waals surface area contributed by atoms with E-state index >= 15 is 0 Å². The number of nitrogens with zero attached hydrogens (tertiary/aromatic N) is 3. The third-order valence-corrected chi connectivity index (χ3v) is 5.38. The first kappa shape index (κ1) is 21.9. The maximum Gasteiger partial charge on any atom is 0.332 e. The highest BCUT2D eigenvalue weighted by Crippen LogP contribution is 2.34. The number of halogens is 1. The summed E-state index contributed by atoms with van der Waals surface area (Å²) >= 11 is 3.52. The number of H-pyrrole nitrogens is 1. The molecule has 0 amide bonds. The Morgan fingerprint density at radius 1 is 1.03 bits per heavy atom. The van der Waals surface area contributed by atoms with Crippen molar-refractivity contribution in [2.24, 2.45) is 0 Å². The van der Waals surface area contributed by atoms with E-state index in [1.807, 2.05) is 32.1 Å². The van der Waals surface area contributed by atoms with Gasteiger partial charge in [0.05, 0.1) is 14.2 Å². The standard InChI is InChI=1S/C21H25BrN4O4/c1-5-9-25-19-18(20(27)26(10-6-2)21(25)28)23-17(24-19)8-7-13-11-15(29-3)16(30-4)12-14(13)22/h7-8,11-12H,5-6,9-10H2,1-4H3,(H,23,24). The first-order chi connectivity index (χ1) is 14.4. The molecule has 3 rings (SSSR count). The number of ether oxygens (including phenoxy) is 2. The van der Waals surface area contributed by atoms with Crippen LogP contribution in [0.2, 0.25) is 0 Å². The number of aryl methyl sites for hydroxylation is 1. The predicted molar refractivity (Wildman–Crippen MR) is 121 cm³/mol. The summed E-state index contributed by atoms with van der Waals surface area (Å²) in [6.45, 7) is 4.78. The Morgan fingerprint density at radius 3 is 2.30 bits per heavy atom. The van der Waals surface area contributed by atoms with Crippen molar-refractivity contribution in [1.29, 1.82) is 0 Å². The maximum absolute atomic E-state index is 12.8. The van der Waals surface area contributed by atoms with Crippen LogP contribution in [0, 0.1) is 0 Å². The molecule has 0 aliphatic heterocycles. The molecule has 2 aromatic heterocycles. The third-order valence-electron chi connectivity index (χ3n) is 4.70. The number of nitrogens with one attached hydrogen (secondary N) is 1. The Labute approximate surface area is 182 Å². The molecule has 0 spiro atoms. The Balaban J connectivity index is 2.10. The molecule has 0 aliphatic rings. The second-order valence-corrected chi connectivity index (χ2v) is 7.63. The number of fused-ring (bicyclic) bond motifs is 1. The summed E-state index contributed by atoms with van der Waals surface area (Å²) < 4.78 is 14.3. The van der Waals surface area contributed by atoms with Crippen LogP contribution in [0.1, 0.15) is 38.1 Å². The van der Waals surface area contributed by atoms with Crippen molar-refractivity contribution in [3.05, 3.63) is 48.8 Å². The number of imidazole rings is 1. The molecule has 8 nitrogen and oxygen atoms in total. The molecule has 2 heterocycles. The number of benzene rings is 1. The molecule has 1 N–H and O–H groups in total. The van der Waals surface area contributed by atoms with Crippen molar-refractivity contribution in [3.63, 3.8) is 0 Å². The van der Waals surface area contributed by atoms with E-state index in [0.29, 0.717) is 48.0 Å². The molecule has 0 saturated heterocycles. The average molecular weight is 477 g/mol. The Hall–Kier alpha value is -2.81. The lowest BCUT2D eigenvalue weighted by Crippen LogP contribution is -2.40. The topological polar surface area (TPSA) is 91.1 Å². The monoisotopic (exact) mass is 476 g/mol. The minimum absolute atomic E-state index is 0.319. The largest absolute Gasteiger partial charge is 0.493 e. The lowest BCUT2D eigenvalue weighted by molar-refractivity contribution is 0.354. The van der Waals surface area contributed by atoms with Crippen molar-refractivity contribution in [2.45, 2.75) is 39.8 Å². The molecule has 0 atom stereocenters. The minimum Gasteiger partial charge on any atom is -0.493 e. The molecule has 9 heteroatoms. The summed E-state index contributed by atoms with van der Waals surface area (Å²) in [5.74, 6) is 1.71. The van der Waals surface area contributed by atoms with E-state index in [-0.39, 0.29) is 11.2 Å². The summed E-state index contributed by atoms with van der Waals surface area (Å²) in [4.78, 5) is 33.2. The smallest absolute Gasteiger partial charge is 0.332 e. The SMILES string of the molecule is CCCn1c(=O)c2[nH]c(C=Cc3cc(OC)c(OC)cc3Br)nc2n(CCC)c1=O. The number of aromatic amines is 1. The molecule has 30 heavy (non-hydrogen) atoms. The van der Waals surface area contributed by atoms with Crippen LogP contribution < -0.4 is 20.7 Å². The summed E-state index contributed by atoms with van der Waals surface area (Å²) in [6.07, 6.45) is 5.06. The first-order valence-corrected chi connectivity index (χ1v) is 10.6. The van der Waals surface area contributed by atoms with Gasteiger partial charge in [-0.2, -0.15) is 0 Å². The van der Waals surface area contributed by atoms with Gasteiger partial charge in [0.15, 0.2) is 17.1 Å². The lowest BCUT2D eigenvalue weighted by Gasteiger charge is -2.09. The van der Waals surface area contributed by atoms with Gasteiger partial charge >= 0.3 is 5.69 Å². The van der Waals surface area contributed by atoms with Gasteiger partial charge in [-0.3, -0.25) is 13.9 Å². The van der Waals surface area contributed by atoms with Crippen LogP contribution in [0.4, 0.5) is 0 Å². The fourth-order valence-corrected chi connectivity index (χ4v) is 3.73. The molecular weight excluding hydrogens is 452 g/mol. The molecular formula is C21H25BrN4O4. The van der Waals surface area contributed by atoms with Crippen LogP contribution in [-0.4, -0.2) is 33.3 Å². The normalized spacial score (nSPS) is 11.5. The third kappa shape index (κ3) is 4.07. The highest BCUT2D eigenvalue weighted by molar-refractivity contribution is 9.10. The van der Waals surface area contributed by atoms with E-state index in [0.717, 1.165) is 16.5 Å². The van der Waals surface area contributed by atoms with E-state index in [1.54, 1.807) is 24.9 Å². The van der Waals surface area contributed by atoms with Gasteiger partial charge in [-0.25, -0.2) is 9.78 Å². The summed E-state index contributed by atoms with van der Waals surface area (Å²) in [6, 6.07) is 3.66. The van der Waals surface area contributed by atoms with Crippen LogP contribution in [0.3, 0.4) is 0 Å². The van der Waals surface area contributed by atoms with Crippen LogP contribution in [-0.2, 0) is 13.1 Å². The van der Waals surface area contributed by atoms with Crippen molar-refractivity contribution in [3.8, 4) is 11.5 Å². The number of aromatic nitrogens is 4. The first-order valence-electron chi connectivity index (χ1n) is 9.78. The molecule has 0 aliphatic carbocycles. The van der Waals surface area contributed by atoms with Crippen LogP contribution in [0.5, 0.6) is 11.5 Å². The fourth-order valence-electron chi connectivity index (χ4n) is 3.28. The Morgan fingerprint density at radius 2 is 1.67 bits per heavy atom. The quantitative estimate of drug-likeness (QED) is 0.535. The van der Waals surface area contributed by atoms with E-state index in [9.17, 15) is 9.59 Å². The zero-order valence-corrected chi connectivity index (χ0v) is 19.1. The molecule has 0 saturated carbocycles. The van der Waals surface area contributed by atoms with Gasteiger partial charge in [0.2, 0.25) is 0 Å². The molecule has 3 aromatic rings. The highest BCUT2D eigenvalue weighted by Gasteiger charge is 2.16. The van der Waals surface area contributed by atoms with E-state index < -0.39 is 0 Å². The van der Waals surface area contributed by atoms with Crippen LogP contribution in [0.15, 0.2) is 26.2 Å². The van der Waals surface area contributed by atoms with Crippen molar-refractivity contribution < 1.29 is 9.47 Å². The number of methoxy groups -OCH3 is 2. The molecule has 0 radical (unpaired) electrons. The number of hydrogen-bond acceptors (Lipinski definition) is 5. The maximum atomic E-state index is 12.8. The van der Waals surface area contributed by atoms with E-state index in [1.165, 1.54) is 4.57 Å². The van der Waals surface area contributed by atoms with Gasteiger partial charge in [0, 0.05) is 17.6 Å². The summed E-state index contributed by atoms with van der Waals surface area (Å²) in [5.41, 5.74) is 0.903. The summed E-state index contributed by atoms with van der Waals surface area (Å²) in [5, 5.41) is 0. The highest BCUT2D eigenvalue weighted by atomic mass is 79.9. The van der Waals surface area contributed by atoms with Gasteiger partial charge in [-0.05, 0) is 36.6 Å². The van der Waals surface area contributed by atoms with E-state index in [2.05, 4.69) is 25.9 Å². The van der Waals surface area contributed by atoms with Crippen LogP contribution in [0.25, 0.3) is 23.3 Å². The fraction of sp³-hybridized carbons (Fsp3) is 0.381. The van der Waals surface area contributed by atoms with Crippen molar-refractivity contribution in [2.75, 3.05) is 14.2 Å². The summed E-state index contributed by atoms with van der Waals surface area (Å²) in [7, 11) is 3.15. The van der Waals surface area contributed by atoms with Gasteiger partial charge in [0.1, 0.15) is 11.3 Å². The molecule has 0 unspecified atom stereocenters. The zero-order valence-electron chi connectivity index (χ0n) is 17.5. The van der Waals surface area contributed by atoms with Gasteiger partial charge in [0.25, 0.3) is 5.56 Å². The molecule has 160 valence electrons. The molecule has 1 aromatic carbocycles. The van der Waals surface area contributed by atoms with Crippen LogP contribution >= 0.6 is 15.9 Å². The molecule has 0 bridgehead atoms. The predicted octanol–water partition coefficient (Wildman–Crippen LogP) is 3.66. The van der Waals surface area contributed by atoms with Gasteiger partial charge in [-0.15, -0.1) is 0 Å². The van der Waals surface area contributed by atoms with Gasteiger partial charge in [-0.1, -0.05) is 35.9 Å².